The van der Waals surface area contributed by atoms with Gasteiger partial charge in [0.25, 0.3) is 0 Å². The van der Waals surface area contributed by atoms with Crippen molar-refractivity contribution >= 4 is 11.9 Å². The van der Waals surface area contributed by atoms with E-state index in [1.54, 1.807) is 6.08 Å². The van der Waals surface area contributed by atoms with Gasteiger partial charge < -0.3 is 20.3 Å². The number of esters is 1. The van der Waals surface area contributed by atoms with Crippen molar-refractivity contribution in [3.8, 4) is 0 Å². The highest BCUT2D eigenvalue weighted by Gasteiger charge is 2.18. The lowest BCUT2D eigenvalue weighted by molar-refractivity contribution is -0.143. The van der Waals surface area contributed by atoms with Gasteiger partial charge in [-0.2, -0.15) is 0 Å². The smallest absolute Gasteiger partial charge is 0.305 e. The fourth-order valence-electron chi connectivity index (χ4n) is 8.55. The standard InChI is InChI=1S/C58H109NO5/c1-3-5-7-9-11-13-15-17-19-20-21-22-23-25-26-30-34-38-42-46-50-56(61)55(54-60)59-57(62)51-47-43-39-35-31-28-29-33-37-41-45-49-53-64-58(63)52-48-44-40-36-32-27-24-18-16-14-12-10-8-6-4-2/h12,14,18,24,46,50,55-56,60-61H,3-11,13,15-17,19-23,25-45,47-49,51-54H2,1-2H3,(H,59,62)/b14-12-,24-18-,50-46+. The van der Waals surface area contributed by atoms with Crippen LogP contribution in [0, 0.1) is 0 Å². The molecule has 3 N–H and O–H groups in total. The number of hydrogen-bond acceptors (Lipinski definition) is 5. The molecular weight excluding hydrogens is 791 g/mol. The van der Waals surface area contributed by atoms with Crippen LogP contribution in [0.2, 0.25) is 0 Å². The maximum absolute atomic E-state index is 12.5. The Morgan fingerprint density at radius 2 is 0.781 bits per heavy atom. The SMILES string of the molecule is CCCCC/C=C\C/C=C\CCCCCCCC(=O)OCCCCCCCCCCCCCCC(=O)NC(CO)C(O)/C=C/CCCCCCCCCCCCCCCCCCCC. The molecule has 376 valence electrons. The van der Waals surface area contributed by atoms with Gasteiger partial charge in [0.05, 0.1) is 25.4 Å². The molecule has 0 aromatic heterocycles. The van der Waals surface area contributed by atoms with Crippen molar-refractivity contribution in [2.45, 2.75) is 309 Å². The van der Waals surface area contributed by atoms with E-state index in [2.05, 4.69) is 43.5 Å². The summed E-state index contributed by atoms with van der Waals surface area (Å²) >= 11 is 0. The van der Waals surface area contributed by atoms with Gasteiger partial charge in [-0.05, 0) is 64.2 Å². The minimum atomic E-state index is -0.856. The molecule has 0 aromatic rings. The van der Waals surface area contributed by atoms with Crippen LogP contribution >= 0.6 is 0 Å². The molecule has 0 bridgehead atoms. The van der Waals surface area contributed by atoms with Gasteiger partial charge in [0.1, 0.15) is 0 Å². The van der Waals surface area contributed by atoms with Crippen molar-refractivity contribution in [3.05, 3.63) is 36.5 Å². The number of ether oxygens (including phenoxy) is 1. The third kappa shape index (κ3) is 49.5. The van der Waals surface area contributed by atoms with Crippen molar-refractivity contribution in [1.29, 1.82) is 0 Å². The van der Waals surface area contributed by atoms with Gasteiger partial charge in [-0.15, -0.1) is 0 Å². The zero-order valence-electron chi connectivity index (χ0n) is 42.8. The minimum absolute atomic E-state index is 0.0247. The van der Waals surface area contributed by atoms with Crippen LogP contribution in [0.4, 0.5) is 0 Å². The van der Waals surface area contributed by atoms with Crippen LogP contribution in [0.3, 0.4) is 0 Å². The molecular formula is C58H109NO5. The molecule has 64 heavy (non-hydrogen) atoms. The molecule has 6 heteroatoms. The van der Waals surface area contributed by atoms with E-state index in [0.717, 1.165) is 70.6 Å². The van der Waals surface area contributed by atoms with Crippen LogP contribution in [0.15, 0.2) is 36.5 Å². The first kappa shape index (κ1) is 62.1. The summed E-state index contributed by atoms with van der Waals surface area (Å²) < 4.78 is 5.46. The molecule has 0 radical (unpaired) electrons. The molecule has 0 rings (SSSR count). The molecule has 2 unspecified atom stereocenters. The van der Waals surface area contributed by atoms with Gasteiger partial charge in [0.15, 0.2) is 0 Å². The molecule has 1 amide bonds. The molecule has 0 heterocycles. The summed E-state index contributed by atoms with van der Waals surface area (Å²) in [5.41, 5.74) is 0. The third-order valence-corrected chi connectivity index (χ3v) is 12.9. The maximum Gasteiger partial charge on any atom is 0.305 e. The summed E-state index contributed by atoms with van der Waals surface area (Å²) in [6.07, 6.45) is 65.8. The minimum Gasteiger partial charge on any atom is -0.466 e. The van der Waals surface area contributed by atoms with Crippen LogP contribution in [-0.2, 0) is 14.3 Å². The lowest BCUT2D eigenvalue weighted by Crippen LogP contribution is -2.45. The van der Waals surface area contributed by atoms with Crippen molar-refractivity contribution in [3.63, 3.8) is 0 Å². The molecule has 0 spiro atoms. The van der Waals surface area contributed by atoms with Crippen LogP contribution in [0.5, 0.6) is 0 Å². The second-order valence-corrected chi connectivity index (χ2v) is 19.3. The predicted molar refractivity (Wildman–Crippen MR) is 278 cm³/mol. The highest BCUT2D eigenvalue weighted by atomic mass is 16.5. The molecule has 0 aliphatic heterocycles. The first-order valence-electron chi connectivity index (χ1n) is 28.3. The Morgan fingerprint density at radius 3 is 1.22 bits per heavy atom. The largest absolute Gasteiger partial charge is 0.466 e. The van der Waals surface area contributed by atoms with Gasteiger partial charge in [0, 0.05) is 12.8 Å². The molecule has 0 saturated heterocycles. The van der Waals surface area contributed by atoms with E-state index >= 15 is 0 Å². The van der Waals surface area contributed by atoms with Gasteiger partial charge in [0.2, 0.25) is 5.91 Å². The lowest BCUT2D eigenvalue weighted by Gasteiger charge is -2.20. The molecule has 0 aromatic carbocycles. The summed E-state index contributed by atoms with van der Waals surface area (Å²) in [4.78, 5) is 24.5. The van der Waals surface area contributed by atoms with E-state index in [1.165, 1.54) is 199 Å². The number of unbranched alkanes of at least 4 members (excludes halogenated alkanes) is 37. The van der Waals surface area contributed by atoms with Crippen molar-refractivity contribution in [2.75, 3.05) is 13.2 Å². The number of carbonyl (C=O) groups is 2. The summed E-state index contributed by atoms with van der Waals surface area (Å²) in [6, 6.07) is -0.641. The Kier molecular flexibility index (Phi) is 52.1. The number of carbonyl (C=O) groups excluding carboxylic acids is 2. The Morgan fingerprint density at radius 1 is 0.438 bits per heavy atom. The Balaban J connectivity index is 3.51. The Hall–Kier alpha value is -1.92. The number of allylic oxidation sites excluding steroid dienone is 5. The highest BCUT2D eigenvalue weighted by molar-refractivity contribution is 5.76. The first-order valence-corrected chi connectivity index (χ1v) is 28.3. The fourth-order valence-corrected chi connectivity index (χ4v) is 8.55. The summed E-state index contributed by atoms with van der Waals surface area (Å²) in [5, 5.41) is 23.1. The number of aliphatic hydroxyl groups excluding tert-OH is 2. The monoisotopic (exact) mass is 900 g/mol. The Bertz CT molecular complexity index is 1040. The lowest BCUT2D eigenvalue weighted by atomic mass is 10.0. The molecule has 0 aliphatic carbocycles. The van der Waals surface area contributed by atoms with Crippen LogP contribution in [0.25, 0.3) is 0 Å². The van der Waals surface area contributed by atoms with Gasteiger partial charge in [-0.3, -0.25) is 9.59 Å². The topological polar surface area (TPSA) is 95.9 Å². The summed E-state index contributed by atoms with van der Waals surface area (Å²) in [7, 11) is 0. The van der Waals surface area contributed by atoms with Crippen molar-refractivity contribution < 1.29 is 24.5 Å². The normalized spacial score (nSPS) is 12.9. The van der Waals surface area contributed by atoms with E-state index in [-0.39, 0.29) is 18.5 Å². The average Bonchev–Trinajstić information content (AvgIpc) is 3.29. The van der Waals surface area contributed by atoms with E-state index in [0.29, 0.717) is 19.4 Å². The van der Waals surface area contributed by atoms with Crippen molar-refractivity contribution in [2.24, 2.45) is 0 Å². The maximum atomic E-state index is 12.5. The molecule has 0 fully saturated rings. The Labute approximate surface area is 398 Å². The van der Waals surface area contributed by atoms with E-state index < -0.39 is 12.1 Å². The van der Waals surface area contributed by atoms with Gasteiger partial charge in [-0.1, -0.05) is 256 Å². The highest BCUT2D eigenvalue weighted by Crippen LogP contribution is 2.16. The van der Waals surface area contributed by atoms with Gasteiger partial charge in [-0.25, -0.2) is 0 Å². The number of nitrogens with one attached hydrogen (secondary N) is 1. The molecule has 0 aliphatic rings. The zero-order chi connectivity index (χ0) is 46.5. The fraction of sp³-hybridized carbons (Fsp3) is 0.862. The number of aliphatic hydroxyl groups is 2. The number of amides is 1. The zero-order valence-corrected chi connectivity index (χ0v) is 42.8. The summed E-state index contributed by atoms with van der Waals surface area (Å²) in [5.74, 6) is -0.108. The first-order chi connectivity index (χ1) is 31.5. The molecule has 2 atom stereocenters. The van der Waals surface area contributed by atoms with E-state index in [9.17, 15) is 19.8 Å². The number of rotatable bonds is 52. The van der Waals surface area contributed by atoms with Gasteiger partial charge >= 0.3 is 5.97 Å². The van der Waals surface area contributed by atoms with Crippen LogP contribution < -0.4 is 5.32 Å². The second-order valence-electron chi connectivity index (χ2n) is 19.3. The summed E-state index contributed by atoms with van der Waals surface area (Å²) in [6.45, 7) is 4.85. The van der Waals surface area contributed by atoms with E-state index in [1.807, 2.05) is 6.08 Å². The molecule has 0 saturated carbocycles. The quantitative estimate of drug-likeness (QED) is 0.0321. The average molecular weight is 901 g/mol. The van der Waals surface area contributed by atoms with Crippen LogP contribution in [0.1, 0.15) is 296 Å². The van der Waals surface area contributed by atoms with Crippen LogP contribution in [-0.4, -0.2) is 47.4 Å². The second kappa shape index (κ2) is 53.7. The van der Waals surface area contributed by atoms with Crippen molar-refractivity contribution in [1.82, 2.24) is 5.32 Å². The third-order valence-electron chi connectivity index (χ3n) is 12.9. The number of hydrogen-bond donors (Lipinski definition) is 3. The van der Waals surface area contributed by atoms with E-state index in [4.69, 9.17) is 4.74 Å². The molecule has 6 nitrogen and oxygen atoms in total. The predicted octanol–water partition coefficient (Wildman–Crippen LogP) is 17.2.